The van der Waals surface area contributed by atoms with Gasteiger partial charge in [0.15, 0.2) is 0 Å². The van der Waals surface area contributed by atoms with Crippen LogP contribution in [0.1, 0.15) is 16.7 Å². The SMILES string of the molecule is COc1ccc(S(=O)(=O)N(CC(=O)N/N=C/c2cc([N+](=O)[O-])ccc2Cl)Cc2ccccc2)cc1C. The predicted molar refractivity (Wildman–Crippen MR) is 136 cm³/mol. The molecule has 0 aliphatic carbocycles. The third-order valence-corrected chi connectivity index (χ3v) is 7.24. The Kier molecular flexibility index (Phi) is 8.75. The number of amides is 1. The van der Waals surface area contributed by atoms with Crippen LogP contribution in [-0.4, -0.2) is 43.4 Å². The highest BCUT2D eigenvalue weighted by molar-refractivity contribution is 7.89. The Morgan fingerprint density at radius 3 is 2.53 bits per heavy atom. The molecule has 1 amide bonds. The summed E-state index contributed by atoms with van der Waals surface area (Å²) >= 11 is 6.03. The number of rotatable bonds is 10. The lowest BCUT2D eigenvalue weighted by molar-refractivity contribution is -0.384. The Bertz CT molecular complexity index is 1400. The summed E-state index contributed by atoms with van der Waals surface area (Å²) in [5.41, 5.74) is 3.59. The van der Waals surface area contributed by atoms with Crippen LogP contribution in [0.5, 0.6) is 5.75 Å². The number of hydrazone groups is 1. The summed E-state index contributed by atoms with van der Waals surface area (Å²) < 4.78 is 33.1. The number of methoxy groups -OCH3 is 1. The number of sulfonamides is 1. The molecule has 0 aliphatic rings. The predicted octanol–water partition coefficient (Wildman–Crippen LogP) is 3.91. The van der Waals surface area contributed by atoms with Crippen molar-refractivity contribution in [2.75, 3.05) is 13.7 Å². The molecule has 0 aromatic heterocycles. The van der Waals surface area contributed by atoms with Crippen molar-refractivity contribution in [3.05, 3.63) is 98.6 Å². The van der Waals surface area contributed by atoms with Crippen molar-refractivity contribution in [3.63, 3.8) is 0 Å². The summed E-state index contributed by atoms with van der Waals surface area (Å²) in [6, 6.07) is 17.1. The zero-order chi connectivity index (χ0) is 26.3. The Morgan fingerprint density at radius 1 is 1.17 bits per heavy atom. The Labute approximate surface area is 213 Å². The average Bonchev–Trinajstić information content (AvgIpc) is 2.85. The lowest BCUT2D eigenvalue weighted by Crippen LogP contribution is -2.39. The number of nitrogens with one attached hydrogen (secondary N) is 1. The maximum absolute atomic E-state index is 13.5. The molecule has 1 N–H and O–H groups in total. The van der Waals surface area contributed by atoms with Gasteiger partial charge in [-0.05, 0) is 42.3 Å². The average molecular weight is 531 g/mol. The molecule has 0 aliphatic heterocycles. The van der Waals surface area contributed by atoms with Crippen LogP contribution in [-0.2, 0) is 21.4 Å². The van der Waals surface area contributed by atoms with Gasteiger partial charge in [-0.25, -0.2) is 13.8 Å². The monoisotopic (exact) mass is 530 g/mol. The first-order valence-corrected chi connectivity index (χ1v) is 12.4. The van der Waals surface area contributed by atoms with Crippen LogP contribution < -0.4 is 10.2 Å². The Hall–Kier alpha value is -3.80. The van der Waals surface area contributed by atoms with E-state index in [1.54, 1.807) is 43.3 Å². The second-order valence-electron chi connectivity index (χ2n) is 7.65. The number of ether oxygens (including phenoxy) is 1. The van der Waals surface area contributed by atoms with Crippen LogP contribution in [0.4, 0.5) is 5.69 Å². The number of carbonyl (C=O) groups is 1. The molecular weight excluding hydrogens is 508 g/mol. The standard InChI is InChI=1S/C24H23ClN4O6S/c1-17-12-21(9-11-23(17)35-2)36(33,34)28(15-18-6-4-3-5-7-18)16-24(30)27-26-14-19-13-20(29(31)32)8-10-22(19)25/h3-14H,15-16H2,1-2H3,(H,27,30)/b26-14+. The number of halogens is 1. The normalized spacial score (nSPS) is 11.6. The quantitative estimate of drug-likeness (QED) is 0.240. The first kappa shape index (κ1) is 26.8. The van der Waals surface area contributed by atoms with Gasteiger partial charge in [-0.1, -0.05) is 41.9 Å². The largest absolute Gasteiger partial charge is 0.496 e. The molecule has 3 rings (SSSR count). The van der Waals surface area contributed by atoms with E-state index in [2.05, 4.69) is 10.5 Å². The number of aryl methyl sites for hydroxylation is 1. The Morgan fingerprint density at radius 2 is 1.89 bits per heavy atom. The molecule has 3 aromatic rings. The highest BCUT2D eigenvalue weighted by Crippen LogP contribution is 2.25. The fourth-order valence-corrected chi connectivity index (χ4v) is 4.92. The van der Waals surface area contributed by atoms with Crippen molar-refractivity contribution < 1.29 is 22.9 Å². The van der Waals surface area contributed by atoms with Gasteiger partial charge in [0.2, 0.25) is 10.0 Å². The van der Waals surface area contributed by atoms with Gasteiger partial charge in [-0.2, -0.15) is 9.41 Å². The van der Waals surface area contributed by atoms with Gasteiger partial charge in [0.1, 0.15) is 5.75 Å². The molecule has 188 valence electrons. The van der Waals surface area contributed by atoms with E-state index in [-0.39, 0.29) is 27.7 Å². The maximum atomic E-state index is 13.5. The molecule has 3 aromatic carbocycles. The first-order chi connectivity index (χ1) is 17.1. The molecule has 0 atom stereocenters. The van der Waals surface area contributed by atoms with E-state index >= 15 is 0 Å². The molecule has 12 heteroatoms. The minimum absolute atomic E-state index is 0.0106. The molecule has 0 spiro atoms. The Balaban J connectivity index is 1.82. The maximum Gasteiger partial charge on any atom is 0.270 e. The van der Waals surface area contributed by atoms with Gasteiger partial charge >= 0.3 is 0 Å². The van der Waals surface area contributed by atoms with E-state index in [0.717, 1.165) is 10.5 Å². The second kappa shape index (κ2) is 11.8. The number of non-ortho nitro benzene ring substituents is 1. The van der Waals surface area contributed by atoms with Crippen LogP contribution in [0, 0.1) is 17.0 Å². The zero-order valence-corrected chi connectivity index (χ0v) is 21.0. The summed E-state index contributed by atoms with van der Waals surface area (Å²) in [5.74, 6) is -0.173. The van der Waals surface area contributed by atoms with Gasteiger partial charge in [-0.3, -0.25) is 14.9 Å². The fourth-order valence-electron chi connectivity index (χ4n) is 3.29. The minimum Gasteiger partial charge on any atom is -0.496 e. The lowest BCUT2D eigenvalue weighted by Gasteiger charge is -2.22. The fraction of sp³-hybridized carbons (Fsp3) is 0.167. The number of hydrogen-bond donors (Lipinski definition) is 1. The lowest BCUT2D eigenvalue weighted by atomic mass is 10.2. The topological polar surface area (TPSA) is 131 Å². The van der Waals surface area contributed by atoms with E-state index in [0.29, 0.717) is 16.9 Å². The summed E-state index contributed by atoms with van der Waals surface area (Å²) in [6.07, 6.45) is 1.15. The third-order valence-electron chi connectivity index (χ3n) is 5.11. The van der Waals surface area contributed by atoms with Gasteiger partial charge in [0.05, 0.1) is 29.7 Å². The third kappa shape index (κ3) is 6.66. The number of hydrogen-bond acceptors (Lipinski definition) is 7. The van der Waals surface area contributed by atoms with Crippen molar-refractivity contribution in [2.24, 2.45) is 5.10 Å². The van der Waals surface area contributed by atoms with Gasteiger partial charge in [0, 0.05) is 29.3 Å². The van der Waals surface area contributed by atoms with E-state index < -0.39 is 27.4 Å². The van der Waals surface area contributed by atoms with E-state index in [9.17, 15) is 23.3 Å². The van der Waals surface area contributed by atoms with Crippen LogP contribution in [0.15, 0.2) is 76.7 Å². The molecule has 0 fully saturated rings. The molecule has 0 heterocycles. The van der Waals surface area contributed by atoms with Gasteiger partial charge in [-0.15, -0.1) is 0 Å². The van der Waals surface area contributed by atoms with Gasteiger partial charge < -0.3 is 4.74 Å². The van der Waals surface area contributed by atoms with Crippen molar-refractivity contribution in [3.8, 4) is 5.75 Å². The van der Waals surface area contributed by atoms with Crippen LogP contribution in [0.3, 0.4) is 0 Å². The van der Waals surface area contributed by atoms with E-state index in [1.807, 2.05) is 0 Å². The van der Waals surface area contributed by atoms with E-state index in [1.165, 1.54) is 37.4 Å². The minimum atomic E-state index is -4.07. The molecule has 0 bridgehead atoms. The van der Waals surface area contributed by atoms with Crippen LogP contribution in [0.25, 0.3) is 0 Å². The second-order valence-corrected chi connectivity index (χ2v) is 9.99. The summed E-state index contributed by atoms with van der Waals surface area (Å²) in [7, 11) is -2.58. The highest BCUT2D eigenvalue weighted by atomic mass is 35.5. The molecule has 0 unspecified atom stereocenters. The van der Waals surface area contributed by atoms with Crippen molar-refractivity contribution >= 4 is 39.4 Å². The highest BCUT2D eigenvalue weighted by Gasteiger charge is 2.27. The molecule has 36 heavy (non-hydrogen) atoms. The van der Waals surface area contributed by atoms with E-state index in [4.69, 9.17) is 16.3 Å². The zero-order valence-electron chi connectivity index (χ0n) is 19.4. The summed E-state index contributed by atoms with van der Waals surface area (Å²) in [4.78, 5) is 23.0. The van der Waals surface area contributed by atoms with Crippen molar-refractivity contribution in [2.45, 2.75) is 18.4 Å². The van der Waals surface area contributed by atoms with Crippen LogP contribution >= 0.6 is 11.6 Å². The molecule has 10 nitrogen and oxygen atoms in total. The molecule has 0 radical (unpaired) electrons. The number of nitrogens with zero attached hydrogens (tertiary/aromatic N) is 3. The summed E-state index contributed by atoms with van der Waals surface area (Å²) in [6.45, 7) is 1.14. The number of benzene rings is 3. The molecule has 0 saturated carbocycles. The number of nitro benzene ring substituents is 1. The van der Waals surface area contributed by atoms with Crippen molar-refractivity contribution in [1.82, 2.24) is 9.73 Å². The number of nitro groups is 1. The van der Waals surface area contributed by atoms with Gasteiger partial charge in [0.25, 0.3) is 11.6 Å². The molecule has 0 saturated heterocycles. The van der Waals surface area contributed by atoms with Crippen LogP contribution in [0.2, 0.25) is 5.02 Å². The first-order valence-electron chi connectivity index (χ1n) is 10.6. The smallest absolute Gasteiger partial charge is 0.270 e. The number of carbonyl (C=O) groups excluding carboxylic acids is 1. The summed E-state index contributed by atoms with van der Waals surface area (Å²) in [5, 5.41) is 14.9. The van der Waals surface area contributed by atoms with Crippen molar-refractivity contribution in [1.29, 1.82) is 0 Å². The molecular formula is C24H23ClN4O6S.